The van der Waals surface area contributed by atoms with Gasteiger partial charge in [0.2, 0.25) is 0 Å². The molecular weight excluding hydrogens is 303 g/mol. The Hall–Kier alpha value is -1.37. The molecular formula is C14H18F3NO2S. The van der Waals surface area contributed by atoms with Gasteiger partial charge in [0, 0.05) is 5.56 Å². The molecule has 0 N–H and O–H groups in total. The average molecular weight is 321 g/mol. The summed E-state index contributed by atoms with van der Waals surface area (Å²) in [6, 6.07) is 5.52. The van der Waals surface area contributed by atoms with Gasteiger partial charge in [0.05, 0.1) is 10.5 Å². The van der Waals surface area contributed by atoms with E-state index in [0.29, 0.717) is 17.7 Å². The second kappa shape index (κ2) is 6.60. The highest BCUT2D eigenvalue weighted by Crippen LogP contribution is 2.24. The Morgan fingerprint density at radius 1 is 1.29 bits per heavy atom. The van der Waals surface area contributed by atoms with E-state index in [1.807, 2.05) is 0 Å². The van der Waals surface area contributed by atoms with Gasteiger partial charge in [-0.1, -0.05) is 19.1 Å². The van der Waals surface area contributed by atoms with E-state index in [9.17, 15) is 17.4 Å². The molecule has 7 heteroatoms. The van der Waals surface area contributed by atoms with Crippen molar-refractivity contribution in [1.82, 2.24) is 0 Å². The first kappa shape index (κ1) is 17.7. The van der Waals surface area contributed by atoms with E-state index < -0.39 is 22.1 Å². The first-order valence-corrected chi connectivity index (χ1v) is 7.49. The van der Waals surface area contributed by atoms with Crippen LogP contribution in [0.3, 0.4) is 0 Å². The normalized spacial score (nSPS) is 14.9. The highest BCUT2D eigenvalue weighted by atomic mass is 32.2. The first-order chi connectivity index (χ1) is 9.53. The van der Waals surface area contributed by atoms with Gasteiger partial charge in [-0.2, -0.15) is 4.40 Å². The minimum absolute atomic E-state index is 0.317. The summed E-state index contributed by atoms with van der Waals surface area (Å²) in [6.07, 6.45) is -4.28. The van der Waals surface area contributed by atoms with Gasteiger partial charge >= 0.3 is 6.36 Å². The zero-order valence-corrected chi connectivity index (χ0v) is 13.1. The van der Waals surface area contributed by atoms with E-state index in [2.05, 4.69) is 9.13 Å². The number of halogens is 3. The molecule has 1 aromatic rings. The van der Waals surface area contributed by atoms with Gasteiger partial charge in [-0.15, -0.1) is 13.2 Å². The Morgan fingerprint density at radius 3 is 2.38 bits per heavy atom. The molecule has 118 valence electrons. The molecule has 0 radical (unpaired) electrons. The van der Waals surface area contributed by atoms with Crippen LogP contribution < -0.4 is 4.74 Å². The molecule has 0 aliphatic heterocycles. The molecule has 0 saturated carbocycles. The fourth-order valence-electron chi connectivity index (χ4n) is 1.43. The summed E-state index contributed by atoms with van der Waals surface area (Å²) in [4.78, 5) is 0. The summed E-state index contributed by atoms with van der Waals surface area (Å²) in [5.41, 5.74) is 0.952. The molecule has 21 heavy (non-hydrogen) atoms. The van der Waals surface area contributed by atoms with Gasteiger partial charge < -0.3 is 4.74 Å². The molecule has 0 aliphatic carbocycles. The SMILES string of the molecule is CCC(=N[S@](=O)C(C)(C)C)c1cccc(OC(F)(F)F)c1. The van der Waals surface area contributed by atoms with Crippen molar-refractivity contribution in [3.05, 3.63) is 29.8 Å². The van der Waals surface area contributed by atoms with Crippen molar-refractivity contribution in [2.45, 2.75) is 45.2 Å². The Bertz CT molecular complexity index is 548. The lowest BCUT2D eigenvalue weighted by Gasteiger charge is -2.15. The van der Waals surface area contributed by atoms with Crippen LogP contribution >= 0.6 is 0 Å². The summed E-state index contributed by atoms with van der Waals surface area (Å²) in [6.45, 7) is 7.14. The topological polar surface area (TPSA) is 38.7 Å². The highest BCUT2D eigenvalue weighted by molar-refractivity contribution is 7.85. The van der Waals surface area contributed by atoms with Gasteiger partial charge in [0.1, 0.15) is 16.7 Å². The van der Waals surface area contributed by atoms with Crippen LogP contribution in [0.5, 0.6) is 5.75 Å². The highest BCUT2D eigenvalue weighted by Gasteiger charge is 2.31. The van der Waals surface area contributed by atoms with E-state index in [1.54, 1.807) is 33.8 Å². The lowest BCUT2D eigenvalue weighted by Crippen LogP contribution is -2.21. The molecule has 0 unspecified atom stereocenters. The summed E-state index contributed by atoms with van der Waals surface area (Å²) < 4.78 is 56.2. The predicted octanol–water partition coefficient (Wildman–Crippen LogP) is 4.25. The van der Waals surface area contributed by atoms with Crippen LogP contribution in [0.4, 0.5) is 13.2 Å². The molecule has 0 fully saturated rings. The molecule has 1 atom stereocenters. The van der Waals surface area contributed by atoms with Crippen LogP contribution in [-0.2, 0) is 11.0 Å². The van der Waals surface area contributed by atoms with Crippen molar-refractivity contribution in [2.75, 3.05) is 0 Å². The number of nitrogens with zero attached hydrogens (tertiary/aromatic N) is 1. The Labute approximate surface area is 124 Å². The second-order valence-electron chi connectivity index (χ2n) is 5.33. The van der Waals surface area contributed by atoms with E-state index in [4.69, 9.17) is 0 Å². The van der Waals surface area contributed by atoms with Crippen molar-refractivity contribution < 1.29 is 22.1 Å². The summed E-state index contributed by atoms with van der Waals surface area (Å²) in [7, 11) is -1.47. The van der Waals surface area contributed by atoms with Crippen LogP contribution in [0.2, 0.25) is 0 Å². The summed E-state index contributed by atoms with van der Waals surface area (Å²) in [5.74, 6) is -0.317. The molecule has 0 amide bonds. The summed E-state index contributed by atoms with van der Waals surface area (Å²) in [5, 5.41) is 0. The zero-order chi connectivity index (χ0) is 16.3. The average Bonchev–Trinajstić information content (AvgIpc) is 2.32. The number of benzene rings is 1. The molecule has 3 nitrogen and oxygen atoms in total. The molecule has 0 bridgehead atoms. The fourth-order valence-corrected chi connectivity index (χ4v) is 2.14. The first-order valence-electron chi connectivity index (χ1n) is 6.38. The Kier molecular flexibility index (Phi) is 5.55. The molecule has 0 spiro atoms. The predicted molar refractivity (Wildman–Crippen MR) is 77.8 cm³/mol. The molecule has 1 aromatic carbocycles. The van der Waals surface area contributed by atoms with Gasteiger partial charge in [-0.25, -0.2) is 4.21 Å². The Balaban J connectivity index is 3.10. The van der Waals surface area contributed by atoms with Crippen LogP contribution in [-0.4, -0.2) is 21.0 Å². The van der Waals surface area contributed by atoms with Gasteiger partial charge in [0.25, 0.3) is 0 Å². The molecule has 1 rings (SSSR count). The number of rotatable bonds is 4. The number of alkyl halides is 3. The third kappa shape index (κ3) is 5.87. The van der Waals surface area contributed by atoms with E-state index >= 15 is 0 Å². The van der Waals surface area contributed by atoms with Crippen molar-refractivity contribution >= 4 is 16.7 Å². The van der Waals surface area contributed by atoms with Gasteiger partial charge in [-0.05, 0) is 39.3 Å². The maximum absolute atomic E-state index is 12.2. The molecule has 0 saturated heterocycles. The van der Waals surface area contributed by atoms with Crippen molar-refractivity contribution in [3.63, 3.8) is 0 Å². The van der Waals surface area contributed by atoms with E-state index in [-0.39, 0.29) is 5.75 Å². The number of ether oxygens (including phenoxy) is 1. The van der Waals surface area contributed by atoms with Crippen molar-refractivity contribution in [2.24, 2.45) is 4.40 Å². The molecule has 0 aliphatic rings. The monoisotopic (exact) mass is 321 g/mol. The van der Waals surface area contributed by atoms with E-state index in [1.165, 1.54) is 18.2 Å². The molecule has 0 heterocycles. The number of hydrogen-bond acceptors (Lipinski definition) is 2. The van der Waals surface area contributed by atoms with Crippen molar-refractivity contribution in [3.8, 4) is 5.75 Å². The largest absolute Gasteiger partial charge is 0.573 e. The van der Waals surface area contributed by atoms with Crippen LogP contribution in [0.1, 0.15) is 39.7 Å². The maximum Gasteiger partial charge on any atom is 0.573 e. The van der Waals surface area contributed by atoms with Crippen LogP contribution in [0.15, 0.2) is 28.7 Å². The van der Waals surface area contributed by atoms with Crippen molar-refractivity contribution in [1.29, 1.82) is 0 Å². The van der Waals surface area contributed by atoms with Crippen LogP contribution in [0, 0.1) is 0 Å². The lowest BCUT2D eigenvalue weighted by atomic mass is 10.1. The van der Waals surface area contributed by atoms with Crippen LogP contribution in [0.25, 0.3) is 0 Å². The van der Waals surface area contributed by atoms with E-state index in [0.717, 1.165) is 0 Å². The third-order valence-electron chi connectivity index (χ3n) is 2.45. The third-order valence-corrected chi connectivity index (χ3v) is 3.89. The fraction of sp³-hybridized carbons (Fsp3) is 0.500. The minimum atomic E-state index is -4.74. The van der Waals surface area contributed by atoms with Gasteiger partial charge in [-0.3, -0.25) is 0 Å². The minimum Gasteiger partial charge on any atom is -0.406 e. The summed E-state index contributed by atoms with van der Waals surface area (Å²) >= 11 is 0. The van der Waals surface area contributed by atoms with Gasteiger partial charge in [0.15, 0.2) is 0 Å². The standard InChI is InChI=1S/C14H18F3NO2S/c1-5-12(18-21(19)13(2,3)4)10-7-6-8-11(9-10)20-14(15,16)17/h6-9H,5H2,1-4H3/t21-/m1/s1. The Morgan fingerprint density at radius 2 is 1.90 bits per heavy atom. The molecule has 0 aromatic heterocycles. The second-order valence-corrected chi connectivity index (χ2v) is 7.23. The maximum atomic E-state index is 12.2. The number of hydrogen-bond donors (Lipinski definition) is 0. The zero-order valence-electron chi connectivity index (χ0n) is 12.3. The quantitative estimate of drug-likeness (QED) is 0.778. The smallest absolute Gasteiger partial charge is 0.406 e. The lowest BCUT2D eigenvalue weighted by molar-refractivity contribution is -0.274.